The molecule has 10 heteroatoms. The van der Waals surface area contributed by atoms with Crippen LogP contribution in [0.3, 0.4) is 0 Å². The Hall–Kier alpha value is -2.23. The predicted octanol–water partition coefficient (Wildman–Crippen LogP) is 1.08. The number of hydrogen-bond acceptors (Lipinski definition) is 8. The summed E-state index contributed by atoms with van der Waals surface area (Å²) in [4.78, 5) is 17.9. The fraction of sp³-hybridized carbons (Fsp3) is 0.667. The minimum atomic E-state index is 0.389. The molecule has 0 spiro atoms. The molecule has 0 bridgehead atoms. The smallest absolute Gasteiger partial charge is 0.248 e. The molecule has 1 saturated heterocycles. The SMILES string of the molecule is CCNC(=NCc1nc(C)no1)N1CCN(c2nc(CC)ns2)CC1. The number of hydrogen-bond donors (Lipinski definition) is 1. The number of piperazine rings is 1. The summed E-state index contributed by atoms with van der Waals surface area (Å²) in [6.07, 6.45) is 0.878. The first-order chi connectivity index (χ1) is 12.2. The van der Waals surface area contributed by atoms with E-state index in [1.165, 1.54) is 11.5 Å². The first-order valence-corrected chi connectivity index (χ1v) is 9.37. The van der Waals surface area contributed by atoms with Crippen molar-refractivity contribution in [2.24, 2.45) is 4.99 Å². The maximum atomic E-state index is 5.13. The average Bonchev–Trinajstić information content (AvgIpc) is 3.27. The van der Waals surface area contributed by atoms with Gasteiger partial charge >= 0.3 is 0 Å². The Morgan fingerprint density at radius 2 is 2.04 bits per heavy atom. The molecule has 3 rings (SSSR count). The lowest BCUT2D eigenvalue weighted by Crippen LogP contribution is -2.52. The van der Waals surface area contributed by atoms with Gasteiger partial charge in [-0.3, -0.25) is 0 Å². The summed E-state index contributed by atoms with van der Waals surface area (Å²) in [5.74, 6) is 2.97. The van der Waals surface area contributed by atoms with Crippen LogP contribution in [0.15, 0.2) is 9.52 Å². The van der Waals surface area contributed by atoms with Crippen LogP contribution in [0.25, 0.3) is 0 Å². The van der Waals surface area contributed by atoms with Gasteiger partial charge in [-0.2, -0.15) is 9.36 Å². The van der Waals surface area contributed by atoms with E-state index in [1.807, 2.05) is 0 Å². The Kier molecular flexibility index (Phi) is 5.79. The van der Waals surface area contributed by atoms with E-state index in [0.29, 0.717) is 18.3 Å². The third kappa shape index (κ3) is 4.44. The van der Waals surface area contributed by atoms with Gasteiger partial charge in [0.1, 0.15) is 12.4 Å². The lowest BCUT2D eigenvalue weighted by molar-refractivity contribution is 0.363. The number of rotatable bonds is 5. The number of aliphatic imine (C=N–C) groups is 1. The summed E-state index contributed by atoms with van der Waals surface area (Å²) in [6, 6.07) is 0. The fourth-order valence-electron chi connectivity index (χ4n) is 2.60. The highest BCUT2D eigenvalue weighted by atomic mass is 32.1. The Balaban J connectivity index is 1.59. The molecule has 0 atom stereocenters. The van der Waals surface area contributed by atoms with E-state index in [0.717, 1.165) is 56.1 Å². The summed E-state index contributed by atoms with van der Waals surface area (Å²) in [6.45, 7) is 10.7. The molecule has 0 amide bonds. The van der Waals surface area contributed by atoms with Crippen LogP contribution in [0.5, 0.6) is 0 Å². The van der Waals surface area contributed by atoms with Crippen molar-refractivity contribution in [3.63, 3.8) is 0 Å². The molecular weight excluding hydrogens is 340 g/mol. The quantitative estimate of drug-likeness (QED) is 0.622. The van der Waals surface area contributed by atoms with Gasteiger partial charge in [0.2, 0.25) is 11.0 Å². The predicted molar refractivity (Wildman–Crippen MR) is 96.9 cm³/mol. The van der Waals surface area contributed by atoms with Crippen molar-refractivity contribution in [3.8, 4) is 0 Å². The van der Waals surface area contributed by atoms with Gasteiger partial charge in [0, 0.05) is 50.7 Å². The molecule has 9 nitrogen and oxygen atoms in total. The largest absolute Gasteiger partial charge is 0.357 e. The van der Waals surface area contributed by atoms with E-state index in [-0.39, 0.29) is 0 Å². The van der Waals surface area contributed by atoms with Gasteiger partial charge in [-0.05, 0) is 13.8 Å². The lowest BCUT2D eigenvalue weighted by Gasteiger charge is -2.36. The summed E-state index contributed by atoms with van der Waals surface area (Å²) >= 11 is 1.48. The third-order valence-corrected chi connectivity index (χ3v) is 4.71. The standard InChI is InChI=1S/C15H24N8OS/c1-4-12-19-15(25-21-12)23-8-6-22(7-9-23)14(16-5-2)17-10-13-18-11(3)20-24-13/h4-10H2,1-3H3,(H,16,17). The van der Waals surface area contributed by atoms with Crippen molar-refractivity contribution in [2.75, 3.05) is 37.6 Å². The minimum absolute atomic E-state index is 0.389. The van der Waals surface area contributed by atoms with Gasteiger partial charge in [-0.25, -0.2) is 9.98 Å². The lowest BCUT2D eigenvalue weighted by atomic mass is 10.3. The van der Waals surface area contributed by atoms with Crippen LogP contribution in [-0.2, 0) is 13.0 Å². The van der Waals surface area contributed by atoms with Crippen LogP contribution in [0.2, 0.25) is 0 Å². The van der Waals surface area contributed by atoms with Crippen molar-refractivity contribution in [2.45, 2.75) is 33.7 Å². The fourth-order valence-corrected chi connectivity index (χ4v) is 3.40. The molecule has 0 radical (unpaired) electrons. The second-order valence-corrected chi connectivity index (χ2v) is 6.46. The first-order valence-electron chi connectivity index (χ1n) is 8.59. The van der Waals surface area contributed by atoms with Gasteiger partial charge in [0.05, 0.1) is 0 Å². The number of aryl methyl sites for hydroxylation is 2. The van der Waals surface area contributed by atoms with E-state index >= 15 is 0 Å². The Labute approximate surface area is 151 Å². The van der Waals surface area contributed by atoms with Crippen molar-refractivity contribution in [1.82, 2.24) is 29.7 Å². The van der Waals surface area contributed by atoms with Crippen molar-refractivity contribution in [3.05, 3.63) is 17.5 Å². The van der Waals surface area contributed by atoms with E-state index in [9.17, 15) is 0 Å². The van der Waals surface area contributed by atoms with Gasteiger partial charge in [0.25, 0.3) is 0 Å². The summed E-state index contributed by atoms with van der Waals surface area (Å²) in [5, 5.41) is 8.15. The molecule has 0 aliphatic carbocycles. The molecule has 136 valence electrons. The van der Waals surface area contributed by atoms with E-state index in [2.05, 4.69) is 53.5 Å². The second kappa shape index (κ2) is 8.24. The average molecular weight is 364 g/mol. The van der Waals surface area contributed by atoms with E-state index < -0.39 is 0 Å². The molecule has 1 aliphatic heterocycles. The van der Waals surface area contributed by atoms with Gasteiger partial charge in [-0.15, -0.1) is 0 Å². The van der Waals surface area contributed by atoms with Crippen LogP contribution in [0, 0.1) is 6.92 Å². The molecule has 0 aromatic carbocycles. The normalized spacial score (nSPS) is 15.7. The highest BCUT2D eigenvalue weighted by Crippen LogP contribution is 2.19. The molecule has 2 aromatic rings. The second-order valence-electron chi connectivity index (χ2n) is 5.73. The summed E-state index contributed by atoms with van der Waals surface area (Å²) in [5.41, 5.74) is 0. The molecule has 3 heterocycles. The molecule has 1 fully saturated rings. The molecule has 0 unspecified atom stereocenters. The number of nitrogens with zero attached hydrogens (tertiary/aromatic N) is 7. The number of aromatic nitrogens is 4. The van der Waals surface area contributed by atoms with E-state index in [4.69, 9.17) is 4.52 Å². The van der Waals surface area contributed by atoms with Crippen LogP contribution in [0.4, 0.5) is 5.13 Å². The third-order valence-electron chi connectivity index (χ3n) is 3.89. The minimum Gasteiger partial charge on any atom is -0.357 e. The highest BCUT2D eigenvalue weighted by molar-refractivity contribution is 7.09. The topological polar surface area (TPSA) is 95.6 Å². The highest BCUT2D eigenvalue weighted by Gasteiger charge is 2.22. The van der Waals surface area contributed by atoms with Crippen LogP contribution in [-0.4, -0.2) is 63.1 Å². The van der Waals surface area contributed by atoms with Crippen LogP contribution >= 0.6 is 11.5 Å². The molecular formula is C15H24N8OS. The maximum Gasteiger partial charge on any atom is 0.248 e. The monoisotopic (exact) mass is 364 g/mol. The molecule has 25 heavy (non-hydrogen) atoms. The zero-order chi connectivity index (χ0) is 17.6. The Morgan fingerprint density at radius 1 is 1.24 bits per heavy atom. The summed E-state index contributed by atoms with van der Waals surface area (Å²) in [7, 11) is 0. The van der Waals surface area contributed by atoms with Crippen LogP contribution < -0.4 is 10.2 Å². The zero-order valence-electron chi connectivity index (χ0n) is 14.9. The number of nitrogens with one attached hydrogen (secondary N) is 1. The van der Waals surface area contributed by atoms with Crippen molar-refractivity contribution in [1.29, 1.82) is 0 Å². The van der Waals surface area contributed by atoms with Gasteiger partial charge in [-0.1, -0.05) is 12.1 Å². The first kappa shape index (κ1) is 17.6. The number of anilines is 1. The maximum absolute atomic E-state index is 5.13. The molecule has 1 N–H and O–H groups in total. The summed E-state index contributed by atoms with van der Waals surface area (Å²) < 4.78 is 9.51. The Morgan fingerprint density at radius 3 is 2.64 bits per heavy atom. The molecule has 1 aliphatic rings. The van der Waals surface area contributed by atoms with Crippen LogP contribution in [0.1, 0.15) is 31.4 Å². The zero-order valence-corrected chi connectivity index (χ0v) is 15.7. The molecule has 0 saturated carbocycles. The van der Waals surface area contributed by atoms with Crippen molar-refractivity contribution >= 4 is 22.6 Å². The van der Waals surface area contributed by atoms with Crippen molar-refractivity contribution < 1.29 is 4.52 Å². The van der Waals surface area contributed by atoms with Gasteiger partial charge < -0.3 is 19.6 Å². The van der Waals surface area contributed by atoms with Gasteiger partial charge in [0.15, 0.2) is 11.8 Å². The van der Waals surface area contributed by atoms with E-state index in [1.54, 1.807) is 6.92 Å². The Bertz CT molecular complexity index is 704. The molecule has 2 aromatic heterocycles. The number of guanidine groups is 1.